The number of para-hydroxylation sites is 1. The van der Waals surface area contributed by atoms with Gasteiger partial charge in [-0.15, -0.1) is 0 Å². The van der Waals surface area contributed by atoms with Crippen molar-refractivity contribution in [3.8, 4) is 0 Å². The van der Waals surface area contributed by atoms with Crippen molar-refractivity contribution < 1.29 is 14.7 Å². The van der Waals surface area contributed by atoms with E-state index < -0.39 is 0 Å². The largest absolute Gasteiger partial charge is 0.395 e. The van der Waals surface area contributed by atoms with E-state index in [4.69, 9.17) is 5.11 Å². The predicted octanol–water partition coefficient (Wildman–Crippen LogP) is 3.59. The number of hydrogen-bond donors (Lipinski definition) is 2. The Labute approximate surface area is 160 Å². The molecule has 0 aliphatic rings. The van der Waals surface area contributed by atoms with Crippen LogP contribution in [-0.4, -0.2) is 48.7 Å². The van der Waals surface area contributed by atoms with Crippen LogP contribution in [0.1, 0.15) is 30.1 Å². The Kier molecular flexibility index (Phi) is 7.82. The number of anilines is 2. The number of rotatable bonds is 8. The third-order valence-electron chi connectivity index (χ3n) is 4.25. The van der Waals surface area contributed by atoms with Gasteiger partial charge in [0, 0.05) is 37.1 Å². The first-order valence-corrected chi connectivity index (χ1v) is 9.16. The van der Waals surface area contributed by atoms with E-state index in [1.165, 1.54) is 0 Å². The number of amides is 3. The van der Waals surface area contributed by atoms with Crippen LogP contribution in [0.2, 0.25) is 0 Å². The molecule has 0 aromatic heterocycles. The maximum Gasteiger partial charge on any atom is 0.321 e. The molecule has 0 unspecified atom stereocenters. The molecule has 2 rings (SSSR count). The summed E-state index contributed by atoms with van der Waals surface area (Å²) in [5.74, 6) is -0.157. The number of hydrogen-bond acceptors (Lipinski definition) is 3. The molecule has 144 valence electrons. The van der Waals surface area contributed by atoms with Gasteiger partial charge in [-0.1, -0.05) is 37.6 Å². The molecule has 27 heavy (non-hydrogen) atoms. The highest BCUT2D eigenvalue weighted by Crippen LogP contribution is 2.17. The van der Waals surface area contributed by atoms with Gasteiger partial charge in [0.1, 0.15) is 0 Å². The van der Waals surface area contributed by atoms with Crippen LogP contribution >= 0.6 is 0 Å². The minimum atomic E-state index is -0.279. The van der Waals surface area contributed by atoms with Crippen molar-refractivity contribution in [2.24, 2.45) is 0 Å². The SMILES string of the molecule is CCCCN(CCO)C(=O)Nc1cccc(C(=O)N(C)c2ccccc2)c1. The fraction of sp³-hybridized carbons (Fsp3) is 0.333. The first kappa shape index (κ1) is 20.5. The van der Waals surface area contributed by atoms with Gasteiger partial charge in [-0.05, 0) is 36.8 Å². The van der Waals surface area contributed by atoms with Crippen molar-refractivity contribution in [2.45, 2.75) is 19.8 Å². The van der Waals surface area contributed by atoms with Crippen LogP contribution in [0.5, 0.6) is 0 Å². The molecule has 0 radical (unpaired) electrons. The summed E-state index contributed by atoms with van der Waals surface area (Å²) in [5.41, 5.74) is 1.83. The minimum Gasteiger partial charge on any atom is -0.395 e. The summed E-state index contributed by atoms with van der Waals surface area (Å²) >= 11 is 0. The number of urea groups is 1. The molecule has 3 amide bonds. The molecule has 6 heteroatoms. The van der Waals surface area contributed by atoms with Gasteiger partial charge in [0.15, 0.2) is 0 Å². The molecule has 0 atom stereocenters. The number of nitrogens with one attached hydrogen (secondary N) is 1. The summed E-state index contributed by atoms with van der Waals surface area (Å²) in [7, 11) is 1.72. The van der Waals surface area contributed by atoms with E-state index in [0.717, 1.165) is 18.5 Å². The molecule has 2 aromatic carbocycles. The van der Waals surface area contributed by atoms with E-state index >= 15 is 0 Å². The highest BCUT2D eigenvalue weighted by molar-refractivity contribution is 6.06. The Morgan fingerprint density at radius 3 is 2.44 bits per heavy atom. The van der Waals surface area contributed by atoms with E-state index in [2.05, 4.69) is 5.32 Å². The smallest absolute Gasteiger partial charge is 0.321 e. The zero-order valence-corrected chi connectivity index (χ0v) is 15.9. The van der Waals surface area contributed by atoms with E-state index in [-0.39, 0.29) is 25.1 Å². The van der Waals surface area contributed by atoms with Gasteiger partial charge in [-0.25, -0.2) is 4.79 Å². The average Bonchev–Trinajstić information content (AvgIpc) is 2.70. The van der Waals surface area contributed by atoms with Crippen molar-refractivity contribution in [1.29, 1.82) is 0 Å². The summed E-state index contributed by atoms with van der Waals surface area (Å²) in [5, 5.41) is 12.0. The second-order valence-corrected chi connectivity index (χ2v) is 6.27. The molecule has 0 saturated heterocycles. The van der Waals surface area contributed by atoms with Crippen LogP contribution < -0.4 is 10.2 Å². The van der Waals surface area contributed by atoms with Crippen molar-refractivity contribution >= 4 is 23.3 Å². The maximum absolute atomic E-state index is 12.7. The molecule has 0 saturated carbocycles. The van der Waals surface area contributed by atoms with Crippen LogP contribution in [0.3, 0.4) is 0 Å². The average molecular weight is 369 g/mol. The van der Waals surface area contributed by atoms with Gasteiger partial charge in [0.05, 0.1) is 6.61 Å². The molecular formula is C21H27N3O3. The number of carbonyl (C=O) groups excluding carboxylic acids is 2. The molecule has 2 aromatic rings. The van der Waals surface area contributed by atoms with Gasteiger partial charge in [0.2, 0.25) is 0 Å². The van der Waals surface area contributed by atoms with Gasteiger partial charge < -0.3 is 20.2 Å². The minimum absolute atomic E-state index is 0.0858. The van der Waals surface area contributed by atoms with Crippen LogP contribution in [0.25, 0.3) is 0 Å². The predicted molar refractivity (Wildman–Crippen MR) is 108 cm³/mol. The number of nitrogens with zero attached hydrogens (tertiary/aromatic N) is 2. The Morgan fingerprint density at radius 2 is 1.78 bits per heavy atom. The quantitative estimate of drug-likeness (QED) is 0.747. The standard InChI is InChI=1S/C21H27N3O3/c1-3-4-13-24(14-15-25)21(27)22-18-10-8-9-17(16-18)20(26)23(2)19-11-6-5-7-12-19/h5-12,16,25H,3-4,13-15H2,1-2H3,(H,22,27). The van der Waals surface area contributed by atoms with Crippen molar-refractivity contribution in [2.75, 3.05) is 37.0 Å². The molecule has 0 fully saturated rings. The first-order chi connectivity index (χ1) is 13.1. The third kappa shape index (κ3) is 5.82. The Bertz CT molecular complexity index is 749. The second kappa shape index (κ2) is 10.3. The second-order valence-electron chi connectivity index (χ2n) is 6.27. The van der Waals surface area contributed by atoms with Crippen LogP contribution in [-0.2, 0) is 0 Å². The number of carbonyl (C=O) groups is 2. The van der Waals surface area contributed by atoms with Crippen molar-refractivity contribution in [3.05, 3.63) is 60.2 Å². The lowest BCUT2D eigenvalue weighted by Crippen LogP contribution is -2.37. The normalized spacial score (nSPS) is 10.3. The Morgan fingerprint density at radius 1 is 1.04 bits per heavy atom. The van der Waals surface area contributed by atoms with Crippen molar-refractivity contribution in [3.63, 3.8) is 0 Å². The zero-order chi connectivity index (χ0) is 19.6. The summed E-state index contributed by atoms with van der Waals surface area (Å²) in [6.07, 6.45) is 1.83. The van der Waals surface area contributed by atoms with Gasteiger partial charge in [0.25, 0.3) is 5.91 Å². The lowest BCUT2D eigenvalue weighted by atomic mass is 10.1. The Hall–Kier alpha value is -2.86. The molecular weight excluding hydrogens is 342 g/mol. The molecule has 0 bridgehead atoms. The molecule has 0 aliphatic carbocycles. The molecule has 2 N–H and O–H groups in total. The van der Waals surface area contributed by atoms with Crippen LogP contribution in [0.4, 0.5) is 16.2 Å². The maximum atomic E-state index is 12.7. The lowest BCUT2D eigenvalue weighted by Gasteiger charge is -2.22. The lowest BCUT2D eigenvalue weighted by molar-refractivity contribution is 0.0993. The van der Waals surface area contributed by atoms with Gasteiger partial charge in [-0.3, -0.25) is 4.79 Å². The fourth-order valence-corrected chi connectivity index (χ4v) is 2.68. The number of aliphatic hydroxyl groups excluding tert-OH is 1. The Balaban J connectivity index is 2.10. The van der Waals surface area contributed by atoms with Gasteiger partial charge in [-0.2, -0.15) is 0 Å². The summed E-state index contributed by atoms with van der Waals surface area (Å²) in [6, 6.07) is 16.0. The van der Waals surface area contributed by atoms with E-state index in [0.29, 0.717) is 17.8 Å². The van der Waals surface area contributed by atoms with Crippen LogP contribution in [0.15, 0.2) is 54.6 Å². The van der Waals surface area contributed by atoms with Gasteiger partial charge >= 0.3 is 6.03 Å². The zero-order valence-electron chi connectivity index (χ0n) is 15.9. The first-order valence-electron chi connectivity index (χ1n) is 9.16. The number of aliphatic hydroxyl groups is 1. The number of unbranched alkanes of at least 4 members (excludes halogenated alkanes) is 1. The molecule has 0 aliphatic heterocycles. The molecule has 6 nitrogen and oxygen atoms in total. The number of benzene rings is 2. The van der Waals surface area contributed by atoms with E-state index in [1.807, 2.05) is 37.3 Å². The highest BCUT2D eigenvalue weighted by atomic mass is 16.3. The van der Waals surface area contributed by atoms with Crippen LogP contribution in [0, 0.1) is 0 Å². The monoisotopic (exact) mass is 369 g/mol. The summed E-state index contributed by atoms with van der Waals surface area (Å²) in [6.45, 7) is 2.82. The summed E-state index contributed by atoms with van der Waals surface area (Å²) in [4.78, 5) is 28.3. The molecule has 0 spiro atoms. The van der Waals surface area contributed by atoms with E-state index in [9.17, 15) is 9.59 Å². The fourth-order valence-electron chi connectivity index (χ4n) is 2.68. The summed E-state index contributed by atoms with van der Waals surface area (Å²) < 4.78 is 0. The highest BCUT2D eigenvalue weighted by Gasteiger charge is 2.16. The van der Waals surface area contributed by atoms with Crippen molar-refractivity contribution in [1.82, 2.24) is 4.90 Å². The topological polar surface area (TPSA) is 72.9 Å². The molecule has 0 heterocycles. The third-order valence-corrected chi connectivity index (χ3v) is 4.25. The van der Waals surface area contributed by atoms with E-state index in [1.54, 1.807) is 41.1 Å².